The van der Waals surface area contributed by atoms with Gasteiger partial charge in [0.05, 0.1) is 5.56 Å². The molecule has 0 bridgehead atoms. The fourth-order valence-electron chi connectivity index (χ4n) is 1.71. The van der Waals surface area contributed by atoms with Crippen molar-refractivity contribution in [2.45, 2.75) is 12.5 Å². The Bertz CT molecular complexity index is 403. The van der Waals surface area contributed by atoms with Crippen LogP contribution in [0.3, 0.4) is 0 Å². The summed E-state index contributed by atoms with van der Waals surface area (Å²) in [4.78, 5) is 11.6. The molecule has 0 aromatic heterocycles. The van der Waals surface area contributed by atoms with Gasteiger partial charge >= 0.3 is 0 Å². The Labute approximate surface area is 91.8 Å². The maximum Gasteiger partial charge on any atom is 0.254 e. The topological polar surface area (TPSA) is 41.1 Å². The molecule has 1 aliphatic heterocycles. The Balaban J connectivity index is 2.08. The number of nitrogens with one attached hydrogen (secondary N) is 2. The molecule has 1 saturated heterocycles. The first-order valence-electron chi connectivity index (χ1n) is 5.13. The van der Waals surface area contributed by atoms with Gasteiger partial charge in [0.1, 0.15) is 11.6 Å². The zero-order chi connectivity index (χ0) is 11.5. The summed E-state index contributed by atoms with van der Waals surface area (Å²) in [6.45, 7) is 1.53. The predicted molar refractivity (Wildman–Crippen MR) is 55.1 cm³/mol. The number of carbonyl (C=O) groups excluding carboxylic acids is 1. The van der Waals surface area contributed by atoms with Crippen LogP contribution in [0.25, 0.3) is 0 Å². The number of hydrogen-bond acceptors (Lipinski definition) is 2. The average Bonchev–Trinajstić information content (AvgIpc) is 2.70. The molecule has 1 aromatic carbocycles. The first kappa shape index (κ1) is 11.0. The van der Waals surface area contributed by atoms with Crippen molar-refractivity contribution in [3.05, 3.63) is 35.4 Å². The Kier molecular flexibility index (Phi) is 3.14. The standard InChI is InChI=1S/C11H12F2N2O/c12-7-1-2-9(10(13)5-7)11(16)15-8-3-4-14-6-8/h1-2,5,8,14H,3-4,6H2,(H,15,16)/t8-/m0/s1. The van der Waals surface area contributed by atoms with Crippen LogP contribution in [0.1, 0.15) is 16.8 Å². The molecule has 0 aliphatic carbocycles. The van der Waals surface area contributed by atoms with Crippen LogP contribution in [0.4, 0.5) is 8.78 Å². The van der Waals surface area contributed by atoms with Gasteiger partial charge in [-0.15, -0.1) is 0 Å². The lowest BCUT2D eigenvalue weighted by Gasteiger charge is -2.11. The summed E-state index contributed by atoms with van der Waals surface area (Å²) in [5, 5.41) is 5.78. The molecule has 1 atom stereocenters. The third-order valence-corrected chi connectivity index (χ3v) is 2.57. The molecule has 0 radical (unpaired) electrons. The quantitative estimate of drug-likeness (QED) is 0.791. The van der Waals surface area contributed by atoms with Crippen LogP contribution in [-0.4, -0.2) is 25.0 Å². The molecule has 1 heterocycles. The van der Waals surface area contributed by atoms with Gasteiger partial charge in [0.15, 0.2) is 0 Å². The van der Waals surface area contributed by atoms with Gasteiger partial charge < -0.3 is 10.6 Å². The average molecular weight is 226 g/mol. The highest BCUT2D eigenvalue weighted by Gasteiger charge is 2.19. The highest BCUT2D eigenvalue weighted by atomic mass is 19.1. The van der Waals surface area contributed by atoms with E-state index in [1.54, 1.807) is 0 Å². The Morgan fingerprint density at radius 2 is 2.25 bits per heavy atom. The Morgan fingerprint density at radius 3 is 2.88 bits per heavy atom. The van der Waals surface area contributed by atoms with Crippen molar-refractivity contribution in [2.24, 2.45) is 0 Å². The van der Waals surface area contributed by atoms with Gasteiger partial charge in [-0.25, -0.2) is 8.78 Å². The van der Waals surface area contributed by atoms with E-state index in [1.165, 1.54) is 0 Å². The lowest BCUT2D eigenvalue weighted by Crippen LogP contribution is -2.36. The molecule has 0 spiro atoms. The largest absolute Gasteiger partial charge is 0.348 e. The van der Waals surface area contributed by atoms with Gasteiger partial charge in [-0.2, -0.15) is 0 Å². The first-order chi connectivity index (χ1) is 7.66. The molecule has 0 saturated carbocycles. The maximum atomic E-state index is 13.3. The second kappa shape index (κ2) is 4.57. The van der Waals surface area contributed by atoms with Crippen molar-refractivity contribution in [3.8, 4) is 0 Å². The minimum atomic E-state index is -0.830. The summed E-state index contributed by atoms with van der Waals surface area (Å²) in [5.74, 6) is -2.01. The van der Waals surface area contributed by atoms with Crippen molar-refractivity contribution < 1.29 is 13.6 Å². The molecule has 1 aromatic rings. The number of rotatable bonds is 2. The van der Waals surface area contributed by atoms with E-state index in [1.807, 2.05) is 0 Å². The van der Waals surface area contributed by atoms with Crippen molar-refractivity contribution in [1.29, 1.82) is 0 Å². The summed E-state index contributed by atoms with van der Waals surface area (Å²) in [6.07, 6.45) is 0.828. The number of carbonyl (C=O) groups is 1. The summed E-state index contributed by atoms with van der Waals surface area (Å²) in [7, 11) is 0. The third-order valence-electron chi connectivity index (χ3n) is 2.57. The molecule has 1 aliphatic rings. The molecule has 1 fully saturated rings. The smallest absolute Gasteiger partial charge is 0.254 e. The molecule has 0 unspecified atom stereocenters. The summed E-state index contributed by atoms with van der Waals surface area (Å²) in [6, 6.07) is 2.96. The normalized spacial score (nSPS) is 19.8. The summed E-state index contributed by atoms with van der Waals surface area (Å²) < 4.78 is 25.9. The van der Waals surface area contributed by atoms with Crippen LogP contribution in [0, 0.1) is 11.6 Å². The van der Waals surface area contributed by atoms with E-state index in [9.17, 15) is 13.6 Å². The highest BCUT2D eigenvalue weighted by molar-refractivity contribution is 5.94. The van der Waals surface area contributed by atoms with E-state index >= 15 is 0 Å². The van der Waals surface area contributed by atoms with Crippen molar-refractivity contribution in [3.63, 3.8) is 0 Å². The van der Waals surface area contributed by atoms with Gasteiger partial charge in [0.2, 0.25) is 0 Å². The second-order valence-corrected chi connectivity index (χ2v) is 3.79. The van der Waals surface area contributed by atoms with Crippen molar-refractivity contribution >= 4 is 5.91 Å². The first-order valence-corrected chi connectivity index (χ1v) is 5.13. The van der Waals surface area contributed by atoms with E-state index in [4.69, 9.17) is 0 Å². The molecule has 2 rings (SSSR count). The number of halogens is 2. The lowest BCUT2D eigenvalue weighted by atomic mass is 10.1. The van der Waals surface area contributed by atoms with Gasteiger partial charge in [-0.3, -0.25) is 4.79 Å². The van der Waals surface area contributed by atoms with Crippen LogP contribution in [-0.2, 0) is 0 Å². The molecule has 1 amide bonds. The van der Waals surface area contributed by atoms with E-state index in [-0.39, 0.29) is 11.6 Å². The Morgan fingerprint density at radius 1 is 1.44 bits per heavy atom. The monoisotopic (exact) mass is 226 g/mol. The van der Waals surface area contributed by atoms with Gasteiger partial charge in [0.25, 0.3) is 5.91 Å². The molecule has 2 N–H and O–H groups in total. The molecule has 86 valence electrons. The highest BCUT2D eigenvalue weighted by Crippen LogP contribution is 2.10. The van der Waals surface area contributed by atoms with Gasteiger partial charge in [-0.1, -0.05) is 0 Å². The number of amides is 1. The van der Waals surface area contributed by atoms with Crippen LogP contribution in [0.15, 0.2) is 18.2 Å². The van der Waals surface area contributed by atoms with E-state index < -0.39 is 17.5 Å². The fraction of sp³-hybridized carbons (Fsp3) is 0.364. The minimum Gasteiger partial charge on any atom is -0.348 e. The van der Waals surface area contributed by atoms with Crippen molar-refractivity contribution in [2.75, 3.05) is 13.1 Å². The van der Waals surface area contributed by atoms with Crippen LogP contribution < -0.4 is 10.6 Å². The third kappa shape index (κ3) is 2.36. The van der Waals surface area contributed by atoms with Crippen molar-refractivity contribution in [1.82, 2.24) is 10.6 Å². The van der Waals surface area contributed by atoms with Crippen LogP contribution in [0.2, 0.25) is 0 Å². The van der Waals surface area contributed by atoms with E-state index in [2.05, 4.69) is 10.6 Å². The second-order valence-electron chi connectivity index (χ2n) is 3.79. The van der Waals surface area contributed by atoms with Gasteiger partial charge in [0, 0.05) is 18.7 Å². The minimum absolute atomic E-state index is 0.0250. The molecule has 5 heteroatoms. The SMILES string of the molecule is O=C(N[C@H]1CCNC1)c1ccc(F)cc1F. The van der Waals surface area contributed by atoms with Crippen LogP contribution in [0.5, 0.6) is 0 Å². The van der Waals surface area contributed by atoms with E-state index in [0.717, 1.165) is 25.1 Å². The zero-order valence-corrected chi connectivity index (χ0v) is 8.59. The number of benzene rings is 1. The molecular weight excluding hydrogens is 214 g/mol. The van der Waals surface area contributed by atoms with Crippen LogP contribution >= 0.6 is 0 Å². The van der Waals surface area contributed by atoms with Gasteiger partial charge in [-0.05, 0) is 25.1 Å². The Hall–Kier alpha value is -1.49. The fourth-order valence-corrected chi connectivity index (χ4v) is 1.71. The number of hydrogen-bond donors (Lipinski definition) is 2. The maximum absolute atomic E-state index is 13.3. The zero-order valence-electron chi connectivity index (χ0n) is 8.59. The summed E-state index contributed by atoms with van der Waals surface area (Å²) >= 11 is 0. The lowest BCUT2D eigenvalue weighted by molar-refractivity contribution is 0.0936. The molecule has 16 heavy (non-hydrogen) atoms. The summed E-state index contributed by atoms with van der Waals surface area (Å²) in [5.41, 5.74) is -0.117. The molecule has 3 nitrogen and oxygen atoms in total. The van der Waals surface area contributed by atoms with E-state index in [0.29, 0.717) is 12.6 Å². The predicted octanol–water partition coefficient (Wildman–Crippen LogP) is 1.06. The molecular formula is C11H12F2N2O.